The van der Waals surface area contributed by atoms with E-state index in [4.69, 9.17) is 27.9 Å². The third-order valence-electron chi connectivity index (χ3n) is 2.09. The Labute approximate surface area is 113 Å². The highest BCUT2D eigenvalue weighted by Crippen LogP contribution is 2.17. The molecule has 94 valence electrons. The van der Waals surface area contributed by atoms with Crippen molar-refractivity contribution in [2.45, 2.75) is 6.54 Å². The lowest BCUT2D eigenvalue weighted by atomic mass is 10.3. The first kappa shape index (κ1) is 12.8. The van der Waals surface area contributed by atoms with Gasteiger partial charge in [-0.2, -0.15) is 4.98 Å². The van der Waals surface area contributed by atoms with E-state index in [-0.39, 0.29) is 10.4 Å². The van der Waals surface area contributed by atoms with Crippen LogP contribution in [0.2, 0.25) is 10.4 Å². The number of nitrogens with one attached hydrogen (secondary N) is 1. The third kappa shape index (κ3) is 3.18. The number of ether oxygens (including phenoxy) is 1. The average Bonchev–Trinajstić information content (AvgIpc) is 2.40. The summed E-state index contributed by atoms with van der Waals surface area (Å²) in [4.78, 5) is 8.00. The first-order valence-corrected chi connectivity index (χ1v) is 5.73. The van der Waals surface area contributed by atoms with Gasteiger partial charge in [0, 0.05) is 18.8 Å². The molecule has 0 aliphatic rings. The fourth-order valence-electron chi connectivity index (χ4n) is 1.23. The molecule has 0 bridgehead atoms. The van der Waals surface area contributed by atoms with Crippen LogP contribution in [0.4, 0.5) is 5.82 Å². The highest BCUT2D eigenvalue weighted by molar-refractivity contribution is 6.32. The second-order valence-electron chi connectivity index (χ2n) is 3.28. The Bertz CT molecular complexity index is 534. The molecule has 0 atom stereocenters. The molecule has 0 saturated carbocycles. The van der Waals surface area contributed by atoms with Crippen molar-refractivity contribution >= 4 is 29.0 Å². The summed E-state index contributed by atoms with van der Waals surface area (Å²) in [5.41, 5.74) is 0.946. The van der Waals surface area contributed by atoms with E-state index in [0.29, 0.717) is 18.2 Å². The smallest absolute Gasteiger partial charge is 0.245 e. The number of pyridine rings is 1. The van der Waals surface area contributed by atoms with Crippen molar-refractivity contribution in [2.75, 3.05) is 12.4 Å². The SMILES string of the molecule is COc1ccc(CNc2nc(Cl)nnc2Cl)cn1. The Morgan fingerprint density at radius 3 is 2.78 bits per heavy atom. The van der Waals surface area contributed by atoms with Gasteiger partial charge in [-0.05, 0) is 17.2 Å². The topological polar surface area (TPSA) is 72.8 Å². The fraction of sp³-hybridized carbons (Fsp3) is 0.200. The third-order valence-corrected chi connectivity index (χ3v) is 2.50. The molecular formula is C10H9Cl2N5O. The predicted molar refractivity (Wildman–Crippen MR) is 68.0 cm³/mol. The molecule has 0 amide bonds. The van der Waals surface area contributed by atoms with E-state index < -0.39 is 0 Å². The Balaban J connectivity index is 2.04. The van der Waals surface area contributed by atoms with E-state index in [1.807, 2.05) is 6.07 Å². The standard InChI is InChI=1S/C10H9Cl2N5O/c1-18-7-3-2-6(4-13-7)5-14-9-8(11)16-17-10(12)15-9/h2-4H,5H2,1H3,(H,14,15,17). The van der Waals surface area contributed by atoms with Crippen LogP contribution in [0, 0.1) is 0 Å². The van der Waals surface area contributed by atoms with Gasteiger partial charge in [-0.15, -0.1) is 10.2 Å². The molecule has 8 heteroatoms. The zero-order chi connectivity index (χ0) is 13.0. The van der Waals surface area contributed by atoms with E-state index >= 15 is 0 Å². The molecule has 0 aromatic carbocycles. The maximum Gasteiger partial charge on any atom is 0.245 e. The van der Waals surface area contributed by atoms with Gasteiger partial charge in [0.05, 0.1) is 7.11 Å². The highest BCUT2D eigenvalue weighted by atomic mass is 35.5. The Morgan fingerprint density at radius 2 is 2.11 bits per heavy atom. The molecule has 0 aliphatic carbocycles. The predicted octanol–water partition coefficient (Wildman–Crippen LogP) is 2.19. The molecule has 1 N–H and O–H groups in total. The van der Waals surface area contributed by atoms with E-state index in [2.05, 4.69) is 25.5 Å². The highest BCUT2D eigenvalue weighted by Gasteiger charge is 2.05. The van der Waals surface area contributed by atoms with Crippen LogP contribution in [-0.4, -0.2) is 27.3 Å². The average molecular weight is 286 g/mol. The van der Waals surface area contributed by atoms with Crippen molar-refractivity contribution in [1.29, 1.82) is 0 Å². The van der Waals surface area contributed by atoms with Crippen LogP contribution in [-0.2, 0) is 6.54 Å². The summed E-state index contributed by atoms with van der Waals surface area (Å²) in [7, 11) is 1.56. The molecule has 2 rings (SSSR count). The summed E-state index contributed by atoms with van der Waals surface area (Å²) < 4.78 is 4.97. The maximum atomic E-state index is 5.82. The molecule has 0 aliphatic heterocycles. The maximum absolute atomic E-state index is 5.82. The summed E-state index contributed by atoms with van der Waals surface area (Å²) in [5, 5.41) is 10.4. The zero-order valence-corrected chi connectivity index (χ0v) is 10.9. The molecule has 6 nitrogen and oxygen atoms in total. The van der Waals surface area contributed by atoms with Gasteiger partial charge in [-0.1, -0.05) is 17.7 Å². The van der Waals surface area contributed by atoms with Gasteiger partial charge in [-0.25, -0.2) is 4.98 Å². The van der Waals surface area contributed by atoms with Gasteiger partial charge >= 0.3 is 0 Å². The number of halogens is 2. The summed E-state index contributed by atoms with van der Waals surface area (Å²) >= 11 is 11.4. The van der Waals surface area contributed by atoms with Gasteiger partial charge in [0.1, 0.15) is 0 Å². The molecule has 0 spiro atoms. The number of aromatic nitrogens is 4. The molecule has 0 fully saturated rings. The Morgan fingerprint density at radius 1 is 1.28 bits per heavy atom. The normalized spacial score (nSPS) is 10.2. The van der Waals surface area contributed by atoms with Crippen LogP contribution in [0.15, 0.2) is 18.3 Å². The summed E-state index contributed by atoms with van der Waals surface area (Å²) in [5.74, 6) is 0.941. The molecule has 18 heavy (non-hydrogen) atoms. The summed E-state index contributed by atoms with van der Waals surface area (Å²) in [6, 6.07) is 3.65. The van der Waals surface area contributed by atoms with Gasteiger partial charge in [0.25, 0.3) is 0 Å². The molecule has 2 heterocycles. The second-order valence-corrected chi connectivity index (χ2v) is 3.98. The van der Waals surface area contributed by atoms with Gasteiger partial charge in [0.15, 0.2) is 11.0 Å². The monoisotopic (exact) mass is 285 g/mol. The number of rotatable bonds is 4. The first-order valence-electron chi connectivity index (χ1n) is 4.97. The van der Waals surface area contributed by atoms with Crippen LogP contribution >= 0.6 is 23.2 Å². The fourth-order valence-corrected chi connectivity index (χ4v) is 1.50. The van der Waals surface area contributed by atoms with Gasteiger partial charge in [-0.3, -0.25) is 0 Å². The van der Waals surface area contributed by atoms with Gasteiger partial charge < -0.3 is 10.1 Å². The van der Waals surface area contributed by atoms with Crippen LogP contribution in [0.1, 0.15) is 5.56 Å². The van der Waals surface area contributed by atoms with Crippen LogP contribution < -0.4 is 10.1 Å². The minimum Gasteiger partial charge on any atom is -0.481 e. The van der Waals surface area contributed by atoms with Crippen molar-refractivity contribution in [2.24, 2.45) is 0 Å². The first-order chi connectivity index (χ1) is 8.69. The van der Waals surface area contributed by atoms with E-state index in [1.54, 1.807) is 19.4 Å². The Hall–Kier alpha value is -1.66. The van der Waals surface area contributed by atoms with Crippen molar-refractivity contribution in [1.82, 2.24) is 20.2 Å². The molecule has 2 aromatic heterocycles. The zero-order valence-electron chi connectivity index (χ0n) is 9.39. The van der Waals surface area contributed by atoms with Crippen LogP contribution in [0.5, 0.6) is 5.88 Å². The van der Waals surface area contributed by atoms with Crippen molar-refractivity contribution < 1.29 is 4.74 Å². The Kier molecular flexibility index (Phi) is 4.11. The lowest BCUT2D eigenvalue weighted by molar-refractivity contribution is 0.397. The lowest BCUT2D eigenvalue weighted by Gasteiger charge is -2.06. The van der Waals surface area contributed by atoms with Crippen molar-refractivity contribution in [3.8, 4) is 5.88 Å². The second kappa shape index (κ2) is 5.79. The summed E-state index contributed by atoms with van der Waals surface area (Å²) in [6.45, 7) is 0.492. The van der Waals surface area contributed by atoms with Crippen molar-refractivity contribution in [3.05, 3.63) is 34.3 Å². The lowest BCUT2D eigenvalue weighted by Crippen LogP contribution is -2.04. The van der Waals surface area contributed by atoms with Crippen molar-refractivity contribution in [3.63, 3.8) is 0 Å². The molecule has 0 saturated heterocycles. The van der Waals surface area contributed by atoms with E-state index in [1.165, 1.54) is 0 Å². The van der Waals surface area contributed by atoms with Crippen LogP contribution in [0.25, 0.3) is 0 Å². The minimum atomic E-state index is 0.0368. The minimum absolute atomic E-state index is 0.0368. The largest absolute Gasteiger partial charge is 0.481 e. The number of hydrogen-bond donors (Lipinski definition) is 1. The van der Waals surface area contributed by atoms with E-state index in [9.17, 15) is 0 Å². The number of anilines is 1. The number of hydrogen-bond acceptors (Lipinski definition) is 6. The number of nitrogens with zero attached hydrogens (tertiary/aromatic N) is 4. The summed E-state index contributed by atoms with van der Waals surface area (Å²) in [6.07, 6.45) is 1.69. The molecular weight excluding hydrogens is 277 g/mol. The molecule has 2 aromatic rings. The van der Waals surface area contributed by atoms with Gasteiger partial charge in [0.2, 0.25) is 11.2 Å². The number of methoxy groups -OCH3 is 1. The van der Waals surface area contributed by atoms with Crippen LogP contribution in [0.3, 0.4) is 0 Å². The quantitative estimate of drug-likeness (QED) is 0.928. The molecule has 0 unspecified atom stereocenters. The van der Waals surface area contributed by atoms with E-state index in [0.717, 1.165) is 5.56 Å². The molecule has 0 radical (unpaired) electrons.